The van der Waals surface area contributed by atoms with Gasteiger partial charge in [0.2, 0.25) is 5.95 Å². The maximum atomic E-state index is 13.4. The van der Waals surface area contributed by atoms with Gasteiger partial charge in [0, 0.05) is 40.9 Å². The van der Waals surface area contributed by atoms with Crippen LogP contribution in [0.1, 0.15) is 38.3 Å². The molecule has 0 aliphatic heterocycles. The lowest BCUT2D eigenvalue weighted by Crippen LogP contribution is -2.19. The molecule has 3 aromatic heterocycles. The van der Waals surface area contributed by atoms with Crippen molar-refractivity contribution in [3.63, 3.8) is 0 Å². The highest BCUT2D eigenvalue weighted by atomic mass is 19.1. The summed E-state index contributed by atoms with van der Waals surface area (Å²) in [6.07, 6.45) is 8.91. The van der Waals surface area contributed by atoms with E-state index in [9.17, 15) is 9.65 Å². The van der Waals surface area contributed by atoms with Crippen LogP contribution in [0.15, 0.2) is 48.8 Å². The number of fused-ring (bicyclic) bond motifs is 1. The van der Waals surface area contributed by atoms with Gasteiger partial charge in [0.05, 0.1) is 17.4 Å². The van der Waals surface area contributed by atoms with Crippen molar-refractivity contribution < 1.29 is 4.39 Å². The van der Waals surface area contributed by atoms with Crippen LogP contribution in [-0.2, 0) is 6.54 Å². The van der Waals surface area contributed by atoms with Crippen LogP contribution >= 0.6 is 0 Å². The molecular weight excluding hydrogens is 391 g/mol. The molecule has 0 unspecified atom stereocenters. The Morgan fingerprint density at radius 1 is 1.10 bits per heavy atom. The van der Waals surface area contributed by atoms with Gasteiger partial charge < -0.3 is 0 Å². The Bertz CT molecular complexity index is 1310. The zero-order valence-corrected chi connectivity index (χ0v) is 17.2. The molecular formula is C24H21FN6. The van der Waals surface area contributed by atoms with Crippen molar-refractivity contribution in [3.8, 4) is 28.5 Å². The van der Waals surface area contributed by atoms with Crippen LogP contribution in [0.25, 0.3) is 33.3 Å². The quantitative estimate of drug-likeness (QED) is 0.463. The molecule has 1 saturated carbocycles. The van der Waals surface area contributed by atoms with Crippen molar-refractivity contribution in [2.24, 2.45) is 5.41 Å². The third kappa shape index (κ3) is 3.77. The van der Waals surface area contributed by atoms with Crippen LogP contribution in [-0.4, -0.2) is 25.0 Å². The fourth-order valence-electron chi connectivity index (χ4n) is 4.50. The van der Waals surface area contributed by atoms with Gasteiger partial charge in [-0.25, -0.2) is 4.98 Å². The number of rotatable bonds is 4. The first-order valence-electron chi connectivity index (χ1n) is 10.4. The molecule has 5 rings (SSSR count). The average molecular weight is 412 g/mol. The summed E-state index contributed by atoms with van der Waals surface area (Å²) in [5, 5.41) is 22.1. The van der Waals surface area contributed by atoms with E-state index in [1.807, 2.05) is 35.3 Å². The predicted octanol–water partition coefficient (Wildman–Crippen LogP) is 5.15. The number of pyridine rings is 1. The molecule has 0 atom stereocenters. The number of nitriles is 1. The first-order valence-corrected chi connectivity index (χ1v) is 10.4. The van der Waals surface area contributed by atoms with Crippen LogP contribution in [0.4, 0.5) is 4.39 Å². The SMILES string of the molecule is CC1(Cn2cc(-c3ccc(C#N)nc3-c3ccc4cc(F)nnc4c3)cn2)CCCC1. The van der Waals surface area contributed by atoms with Gasteiger partial charge in [-0.2, -0.15) is 14.8 Å². The Morgan fingerprint density at radius 2 is 1.94 bits per heavy atom. The minimum atomic E-state index is -0.617. The summed E-state index contributed by atoms with van der Waals surface area (Å²) >= 11 is 0. The van der Waals surface area contributed by atoms with Gasteiger partial charge >= 0.3 is 0 Å². The highest BCUT2D eigenvalue weighted by Crippen LogP contribution is 2.39. The monoisotopic (exact) mass is 412 g/mol. The van der Waals surface area contributed by atoms with Crippen molar-refractivity contribution in [2.45, 2.75) is 39.2 Å². The predicted molar refractivity (Wildman–Crippen MR) is 115 cm³/mol. The molecule has 154 valence electrons. The van der Waals surface area contributed by atoms with E-state index in [4.69, 9.17) is 0 Å². The number of hydrogen-bond acceptors (Lipinski definition) is 5. The van der Waals surface area contributed by atoms with E-state index in [1.54, 1.807) is 12.1 Å². The second-order valence-corrected chi connectivity index (χ2v) is 8.59. The van der Waals surface area contributed by atoms with Gasteiger partial charge in [-0.3, -0.25) is 4.68 Å². The molecule has 0 bridgehead atoms. The van der Waals surface area contributed by atoms with Crippen LogP contribution < -0.4 is 0 Å². The molecule has 3 heterocycles. The van der Waals surface area contributed by atoms with Crippen molar-refractivity contribution in [3.05, 3.63) is 60.4 Å². The average Bonchev–Trinajstić information content (AvgIpc) is 3.42. The molecule has 1 fully saturated rings. The second-order valence-electron chi connectivity index (χ2n) is 8.59. The van der Waals surface area contributed by atoms with E-state index in [2.05, 4.69) is 33.3 Å². The Hall–Kier alpha value is -3.66. The molecule has 31 heavy (non-hydrogen) atoms. The Labute approximate surface area is 179 Å². The molecule has 0 spiro atoms. The Balaban J connectivity index is 1.56. The lowest BCUT2D eigenvalue weighted by atomic mass is 9.89. The van der Waals surface area contributed by atoms with Crippen LogP contribution in [0.2, 0.25) is 0 Å². The third-order valence-electron chi connectivity index (χ3n) is 6.14. The molecule has 0 radical (unpaired) electrons. The largest absolute Gasteiger partial charge is 0.272 e. The third-order valence-corrected chi connectivity index (χ3v) is 6.14. The number of hydrogen-bond donors (Lipinski definition) is 0. The summed E-state index contributed by atoms with van der Waals surface area (Å²) in [6, 6.07) is 12.5. The highest BCUT2D eigenvalue weighted by molar-refractivity contribution is 5.87. The van der Waals surface area contributed by atoms with Gasteiger partial charge in [-0.05, 0) is 36.5 Å². The van der Waals surface area contributed by atoms with E-state index in [-0.39, 0.29) is 0 Å². The molecule has 1 aromatic carbocycles. The summed E-state index contributed by atoms with van der Waals surface area (Å²) in [4.78, 5) is 4.57. The van der Waals surface area contributed by atoms with E-state index in [0.717, 1.165) is 23.2 Å². The van der Waals surface area contributed by atoms with Crippen molar-refractivity contribution in [2.75, 3.05) is 0 Å². The van der Waals surface area contributed by atoms with Crippen molar-refractivity contribution in [1.82, 2.24) is 25.0 Å². The minimum Gasteiger partial charge on any atom is -0.272 e. The van der Waals surface area contributed by atoms with Crippen molar-refractivity contribution >= 4 is 10.9 Å². The summed E-state index contributed by atoms with van der Waals surface area (Å²) in [5.74, 6) is -0.617. The molecule has 1 aliphatic carbocycles. The molecule has 1 aliphatic rings. The molecule has 4 aromatic rings. The Kier molecular flexibility index (Phi) is 4.70. The van der Waals surface area contributed by atoms with Gasteiger partial charge in [-0.1, -0.05) is 31.9 Å². The number of halogens is 1. The fraction of sp³-hybridized carbons (Fsp3) is 0.292. The summed E-state index contributed by atoms with van der Waals surface area (Å²) in [5.41, 5.74) is 4.47. The topological polar surface area (TPSA) is 80.3 Å². The minimum absolute atomic E-state index is 0.293. The van der Waals surface area contributed by atoms with E-state index in [0.29, 0.717) is 27.7 Å². The molecule has 0 saturated heterocycles. The first kappa shape index (κ1) is 19.3. The smallest absolute Gasteiger partial charge is 0.233 e. The van der Waals surface area contributed by atoms with E-state index < -0.39 is 5.95 Å². The van der Waals surface area contributed by atoms with Gasteiger partial charge in [-0.15, -0.1) is 10.2 Å². The second kappa shape index (κ2) is 7.55. The molecule has 0 N–H and O–H groups in total. The lowest BCUT2D eigenvalue weighted by Gasteiger charge is -2.22. The van der Waals surface area contributed by atoms with Gasteiger partial charge in [0.15, 0.2) is 0 Å². The zero-order valence-electron chi connectivity index (χ0n) is 17.2. The van der Waals surface area contributed by atoms with Gasteiger partial charge in [0.25, 0.3) is 0 Å². The van der Waals surface area contributed by atoms with E-state index in [1.165, 1.54) is 31.7 Å². The van der Waals surface area contributed by atoms with Crippen LogP contribution in [0.3, 0.4) is 0 Å². The highest BCUT2D eigenvalue weighted by Gasteiger charge is 2.29. The standard InChI is InChI=1S/C24H21FN6/c1-24(8-2-3-9-24)15-31-14-18(13-27-31)20-7-6-19(12-26)28-23(20)17-5-4-16-11-22(25)30-29-21(16)10-17/h4-7,10-11,13-14H,2-3,8-9,15H2,1H3. The number of benzene rings is 1. The maximum Gasteiger partial charge on any atom is 0.233 e. The first-order chi connectivity index (χ1) is 15.0. The molecule has 6 nitrogen and oxygen atoms in total. The summed E-state index contributed by atoms with van der Waals surface area (Å²) < 4.78 is 15.4. The number of aromatic nitrogens is 5. The van der Waals surface area contributed by atoms with Gasteiger partial charge in [0.1, 0.15) is 11.8 Å². The van der Waals surface area contributed by atoms with Crippen LogP contribution in [0, 0.1) is 22.7 Å². The summed E-state index contributed by atoms with van der Waals surface area (Å²) in [7, 11) is 0. The normalized spacial score (nSPS) is 15.3. The molecule has 0 amide bonds. The van der Waals surface area contributed by atoms with E-state index >= 15 is 0 Å². The maximum absolute atomic E-state index is 13.4. The molecule has 7 heteroatoms. The fourth-order valence-corrected chi connectivity index (χ4v) is 4.50. The lowest BCUT2D eigenvalue weighted by molar-refractivity contribution is 0.268. The zero-order chi connectivity index (χ0) is 21.4. The summed E-state index contributed by atoms with van der Waals surface area (Å²) in [6.45, 7) is 3.22. The van der Waals surface area contributed by atoms with Crippen molar-refractivity contribution in [1.29, 1.82) is 5.26 Å². The van der Waals surface area contributed by atoms with Crippen LogP contribution in [0.5, 0.6) is 0 Å². The Morgan fingerprint density at radius 3 is 2.74 bits per heavy atom. The number of nitrogens with zero attached hydrogens (tertiary/aromatic N) is 6.